The Balaban J connectivity index is 1.62. The van der Waals surface area contributed by atoms with Crippen LogP contribution in [0.3, 0.4) is 0 Å². The molecule has 1 aliphatic heterocycles. The van der Waals surface area contributed by atoms with Gasteiger partial charge in [-0.1, -0.05) is 12.1 Å². The summed E-state index contributed by atoms with van der Waals surface area (Å²) >= 11 is 0. The molecule has 0 amide bonds. The Bertz CT molecular complexity index is 744. The van der Waals surface area contributed by atoms with E-state index in [4.69, 9.17) is 4.98 Å². The van der Waals surface area contributed by atoms with Gasteiger partial charge >= 0.3 is 0 Å². The molecular formula is C15H15N5. The van der Waals surface area contributed by atoms with E-state index in [1.54, 1.807) is 0 Å². The molecule has 4 rings (SSSR count). The fraction of sp³-hybridized carbons (Fsp3) is 0.267. The van der Waals surface area contributed by atoms with Gasteiger partial charge in [0.25, 0.3) is 0 Å². The molecule has 0 bridgehead atoms. The Labute approximate surface area is 116 Å². The van der Waals surface area contributed by atoms with Crippen LogP contribution in [0.4, 0.5) is 5.82 Å². The van der Waals surface area contributed by atoms with E-state index in [0.717, 1.165) is 35.6 Å². The number of hydrogen-bond acceptors (Lipinski definition) is 4. The highest BCUT2D eigenvalue weighted by molar-refractivity contribution is 5.76. The van der Waals surface area contributed by atoms with Crippen LogP contribution in [-0.2, 0) is 0 Å². The molecule has 100 valence electrons. The normalized spacial score (nSPS) is 15.6. The van der Waals surface area contributed by atoms with Crippen molar-refractivity contribution in [2.24, 2.45) is 0 Å². The molecule has 20 heavy (non-hydrogen) atoms. The van der Waals surface area contributed by atoms with Crippen LogP contribution in [0.2, 0.25) is 0 Å². The van der Waals surface area contributed by atoms with Crippen LogP contribution in [-0.4, -0.2) is 32.8 Å². The minimum Gasteiger partial charge on any atom is -0.351 e. The van der Waals surface area contributed by atoms with Gasteiger partial charge in [0.2, 0.25) is 0 Å². The Hall–Kier alpha value is -2.43. The maximum Gasteiger partial charge on any atom is 0.150 e. The van der Waals surface area contributed by atoms with Crippen molar-refractivity contribution in [2.75, 3.05) is 18.0 Å². The predicted octanol–water partition coefficient (Wildman–Crippen LogP) is 2.20. The van der Waals surface area contributed by atoms with Crippen molar-refractivity contribution in [1.82, 2.24) is 19.7 Å². The van der Waals surface area contributed by atoms with Crippen LogP contribution in [0, 0.1) is 6.92 Å². The van der Waals surface area contributed by atoms with Gasteiger partial charge in [0, 0.05) is 25.5 Å². The van der Waals surface area contributed by atoms with Crippen LogP contribution in [0.1, 0.15) is 11.7 Å². The van der Waals surface area contributed by atoms with Crippen molar-refractivity contribution < 1.29 is 0 Å². The van der Waals surface area contributed by atoms with Gasteiger partial charge < -0.3 is 4.90 Å². The van der Waals surface area contributed by atoms with Gasteiger partial charge in [-0.25, -0.2) is 9.97 Å². The van der Waals surface area contributed by atoms with Crippen LogP contribution < -0.4 is 4.90 Å². The van der Waals surface area contributed by atoms with E-state index in [-0.39, 0.29) is 0 Å². The van der Waals surface area contributed by atoms with E-state index in [9.17, 15) is 0 Å². The lowest BCUT2D eigenvalue weighted by Gasteiger charge is -2.40. The second-order valence-corrected chi connectivity index (χ2v) is 5.17. The first kappa shape index (κ1) is 11.4. The molecule has 3 aromatic rings. The number of benzene rings is 1. The van der Waals surface area contributed by atoms with Crippen molar-refractivity contribution in [3.05, 3.63) is 48.4 Å². The van der Waals surface area contributed by atoms with Gasteiger partial charge in [0.1, 0.15) is 0 Å². The molecule has 1 aromatic carbocycles. The highest BCUT2D eigenvalue weighted by Crippen LogP contribution is 2.28. The van der Waals surface area contributed by atoms with Crippen LogP contribution >= 0.6 is 0 Å². The summed E-state index contributed by atoms with van der Waals surface area (Å²) in [5, 5.41) is 4.29. The molecule has 1 aliphatic rings. The molecule has 0 spiro atoms. The van der Waals surface area contributed by atoms with Gasteiger partial charge in [0.15, 0.2) is 5.82 Å². The molecule has 0 aliphatic carbocycles. The number of aryl methyl sites for hydroxylation is 1. The first-order chi connectivity index (χ1) is 9.81. The molecule has 0 atom stereocenters. The van der Waals surface area contributed by atoms with E-state index in [2.05, 4.69) is 15.0 Å². The van der Waals surface area contributed by atoms with Crippen molar-refractivity contribution in [3.8, 4) is 0 Å². The number of aromatic nitrogens is 4. The summed E-state index contributed by atoms with van der Waals surface area (Å²) in [6, 6.07) is 10.4. The average molecular weight is 265 g/mol. The van der Waals surface area contributed by atoms with E-state index >= 15 is 0 Å². The van der Waals surface area contributed by atoms with Gasteiger partial charge in [-0.3, -0.25) is 4.68 Å². The Morgan fingerprint density at radius 3 is 2.50 bits per heavy atom. The second-order valence-electron chi connectivity index (χ2n) is 5.17. The summed E-state index contributed by atoms with van der Waals surface area (Å²) in [6.45, 7) is 3.90. The van der Waals surface area contributed by atoms with Gasteiger partial charge in [-0.2, -0.15) is 5.10 Å². The SMILES string of the molecule is Cc1nc2ccccc2nc1N1CC(n2cccn2)C1. The number of rotatable bonds is 2. The van der Waals surface area contributed by atoms with Crippen molar-refractivity contribution >= 4 is 16.9 Å². The largest absolute Gasteiger partial charge is 0.351 e. The van der Waals surface area contributed by atoms with E-state index in [1.807, 2.05) is 54.3 Å². The maximum absolute atomic E-state index is 4.75. The van der Waals surface area contributed by atoms with Gasteiger partial charge in [-0.05, 0) is 25.1 Å². The first-order valence-corrected chi connectivity index (χ1v) is 6.79. The molecule has 5 heteroatoms. The molecule has 1 saturated heterocycles. The smallest absolute Gasteiger partial charge is 0.150 e. The molecule has 5 nitrogen and oxygen atoms in total. The zero-order valence-corrected chi connectivity index (χ0v) is 11.3. The molecule has 0 saturated carbocycles. The fourth-order valence-electron chi connectivity index (χ4n) is 2.67. The quantitative estimate of drug-likeness (QED) is 0.712. The van der Waals surface area contributed by atoms with E-state index < -0.39 is 0 Å². The van der Waals surface area contributed by atoms with Crippen molar-refractivity contribution in [1.29, 1.82) is 0 Å². The minimum absolute atomic E-state index is 0.442. The molecule has 0 N–H and O–H groups in total. The van der Waals surface area contributed by atoms with Crippen molar-refractivity contribution in [3.63, 3.8) is 0 Å². The Morgan fingerprint density at radius 2 is 1.80 bits per heavy atom. The fourth-order valence-corrected chi connectivity index (χ4v) is 2.67. The third kappa shape index (κ3) is 1.74. The third-order valence-corrected chi connectivity index (χ3v) is 3.78. The standard InChI is InChI=1S/C15H15N5/c1-11-15(18-14-6-3-2-5-13(14)17-11)19-9-12(10-19)20-8-4-7-16-20/h2-8,12H,9-10H2,1H3. The first-order valence-electron chi connectivity index (χ1n) is 6.79. The average Bonchev–Trinajstić information content (AvgIpc) is 2.91. The highest BCUT2D eigenvalue weighted by Gasteiger charge is 2.30. The molecule has 0 radical (unpaired) electrons. The van der Waals surface area contributed by atoms with Gasteiger partial charge in [0.05, 0.1) is 22.8 Å². The summed E-state index contributed by atoms with van der Waals surface area (Å²) < 4.78 is 2.01. The maximum atomic E-state index is 4.75. The van der Waals surface area contributed by atoms with Crippen LogP contribution in [0.25, 0.3) is 11.0 Å². The summed E-state index contributed by atoms with van der Waals surface area (Å²) in [4.78, 5) is 11.7. The Kier molecular flexibility index (Phi) is 2.45. The van der Waals surface area contributed by atoms with Crippen LogP contribution in [0.5, 0.6) is 0 Å². The lowest BCUT2D eigenvalue weighted by Crippen LogP contribution is -2.48. The number of nitrogens with zero attached hydrogens (tertiary/aromatic N) is 5. The third-order valence-electron chi connectivity index (χ3n) is 3.78. The highest BCUT2D eigenvalue weighted by atomic mass is 15.4. The predicted molar refractivity (Wildman–Crippen MR) is 77.8 cm³/mol. The summed E-state index contributed by atoms with van der Waals surface area (Å²) in [7, 11) is 0. The zero-order valence-electron chi connectivity index (χ0n) is 11.3. The van der Waals surface area contributed by atoms with E-state index in [0.29, 0.717) is 6.04 Å². The topological polar surface area (TPSA) is 46.8 Å². The minimum atomic E-state index is 0.442. The van der Waals surface area contributed by atoms with E-state index in [1.165, 1.54) is 0 Å². The van der Waals surface area contributed by atoms with Crippen molar-refractivity contribution in [2.45, 2.75) is 13.0 Å². The number of hydrogen-bond donors (Lipinski definition) is 0. The number of para-hydroxylation sites is 2. The summed E-state index contributed by atoms with van der Waals surface area (Å²) in [5.74, 6) is 0.993. The molecule has 0 unspecified atom stereocenters. The summed E-state index contributed by atoms with van der Waals surface area (Å²) in [5.41, 5.74) is 2.90. The molecular weight excluding hydrogens is 250 g/mol. The zero-order chi connectivity index (χ0) is 13.5. The number of anilines is 1. The second kappa shape index (κ2) is 4.30. The lowest BCUT2D eigenvalue weighted by molar-refractivity contribution is 0.365. The summed E-state index contributed by atoms with van der Waals surface area (Å²) in [6.07, 6.45) is 3.84. The molecule has 1 fully saturated rings. The molecule has 2 aromatic heterocycles. The number of fused-ring (bicyclic) bond motifs is 1. The van der Waals surface area contributed by atoms with Crippen LogP contribution in [0.15, 0.2) is 42.7 Å². The molecule has 3 heterocycles. The van der Waals surface area contributed by atoms with Gasteiger partial charge in [-0.15, -0.1) is 0 Å². The lowest BCUT2D eigenvalue weighted by atomic mass is 10.1. The Morgan fingerprint density at radius 1 is 1.05 bits per heavy atom. The monoisotopic (exact) mass is 265 g/mol.